The van der Waals surface area contributed by atoms with Crippen LogP contribution in [0, 0.1) is 0 Å². The number of imide groups is 1. The zero-order chi connectivity index (χ0) is 14.3. The number of amides is 2. The summed E-state index contributed by atoms with van der Waals surface area (Å²) in [6.07, 6.45) is 1.47. The number of nitrogens with two attached hydrogens (primary N) is 1. The summed E-state index contributed by atoms with van der Waals surface area (Å²) in [6.45, 7) is 0. The number of hydrogen-bond acceptors (Lipinski definition) is 5. The van der Waals surface area contributed by atoms with Crippen molar-refractivity contribution in [2.75, 3.05) is 11.1 Å². The van der Waals surface area contributed by atoms with Crippen molar-refractivity contribution in [1.29, 1.82) is 0 Å². The van der Waals surface area contributed by atoms with Crippen LogP contribution in [0.5, 0.6) is 0 Å². The van der Waals surface area contributed by atoms with Gasteiger partial charge in [-0.3, -0.25) is 14.9 Å². The fourth-order valence-corrected chi connectivity index (χ4v) is 2.15. The molecule has 0 unspecified atom stereocenters. The van der Waals surface area contributed by atoms with E-state index in [4.69, 9.17) is 17.3 Å². The number of nitrogens with one attached hydrogen (secondary N) is 2. The molecule has 1 aliphatic heterocycles. The second kappa shape index (κ2) is 4.50. The van der Waals surface area contributed by atoms with E-state index in [0.717, 1.165) is 0 Å². The zero-order valence-corrected chi connectivity index (χ0v) is 10.9. The minimum atomic E-state index is -0.412. The summed E-state index contributed by atoms with van der Waals surface area (Å²) in [5, 5.41) is 5.57. The highest BCUT2D eigenvalue weighted by Crippen LogP contribution is 2.27. The Morgan fingerprint density at radius 2 is 1.90 bits per heavy atom. The number of nitrogens with zero attached hydrogens (tertiary/aromatic N) is 1. The van der Waals surface area contributed by atoms with Crippen LogP contribution < -0.4 is 16.4 Å². The first-order chi connectivity index (χ1) is 9.54. The fraction of sp³-hybridized carbons (Fsp3) is 0. The van der Waals surface area contributed by atoms with E-state index in [1.165, 1.54) is 6.20 Å². The predicted molar refractivity (Wildman–Crippen MR) is 75.2 cm³/mol. The van der Waals surface area contributed by atoms with Crippen LogP contribution in [-0.2, 0) is 0 Å². The van der Waals surface area contributed by atoms with E-state index in [1.54, 1.807) is 24.3 Å². The summed E-state index contributed by atoms with van der Waals surface area (Å²) >= 11 is 6.01. The van der Waals surface area contributed by atoms with Gasteiger partial charge in [0.05, 0.1) is 28.0 Å². The average Bonchev–Trinajstić information content (AvgIpc) is 2.68. The maximum absolute atomic E-state index is 11.6. The molecule has 0 radical (unpaired) electrons. The molecule has 0 saturated carbocycles. The van der Waals surface area contributed by atoms with Gasteiger partial charge in [0, 0.05) is 5.69 Å². The molecular formula is C13H9ClN4O2. The molecule has 3 rings (SSSR count). The number of hydrogen-bond donors (Lipinski definition) is 3. The van der Waals surface area contributed by atoms with Gasteiger partial charge in [0.25, 0.3) is 11.8 Å². The molecule has 20 heavy (non-hydrogen) atoms. The molecule has 0 aliphatic carbocycles. The van der Waals surface area contributed by atoms with E-state index in [-0.39, 0.29) is 5.91 Å². The third kappa shape index (κ3) is 2.06. The highest BCUT2D eigenvalue weighted by Gasteiger charge is 2.26. The van der Waals surface area contributed by atoms with Crippen LogP contribution in [-0.4, -0.2) is 16.8 Å². The van der Waals surface area contributed by atoms with E-state index < -0.39 is 5.91 Å². The molecule has 0 atom stereocenters. The van der Waals surface area contributed by atoms with E-state index in [1.807, 2.05) is 0 Å². The number of aromatic nitrogens is 1. The van der Waals surface area contributed by atoms with Crippen LogP contribution in [0.4, 0.5) is 17.2 Å². The van der Waals surface area contributed by atoms with Crippen molar-refractivity contribution in [3.05, 3.63) is 46.6 Å². The Hall–Kier alpha value is -2.60. The van der Waals surface area contributed by atoms with Crippen molar-refractivity contribution in [3.8, 4) is 0 Å². The smallest absolute Gasteiger partial charge is 0.259 e. The zero-order valence-electron chi connectivity index (χ0n) is 10.1. The van der Waals surface area contributed by atoms with E-state index >= 15 is 0 Å². The molecule has 7 heteroatoms. The highest BCUT2D eigenvalue weighted by atomic mass is 35.5. The molecule has 0 saturated heterocycles. The number of fused-ring (bicyclic) bond motifs is 1. The van der Waals surface area contributed by atoms with Gasteiger partial charge in [0.1, 0.15) is 5.82 Å². The molecule has 4 N–H and O–H groups in total. The molecule has 2 amide bonds. The van der Waals surface area contributed by atoms with Gasteiger partial charge >= 0.3 is 0 Å². The van der Waals surface area contributed by atoms with Gasteiger partial charge < -0.3 is 11.1 Å². The SMILES string of the molecule is Nc1cnc(Nc2ccc3c(c2)C(=O)NC3=O)c(Cl)c1. The van der Waals surface area contributed by atoms with Crippen molar-refractivity contribution in [1.82, 2.24) is 10.3 Å². The van der Waals surface area contributed by atoms with Crippen LogP contribution in [0.2, 0.25) is 5.02 Å². The number of halogens is 1. The molecule has 2 heterocycles. The van der Waals surface area contributed by atoms with Crippen LogP contribution >= 0.6 is 11.6 Å². The van der Waals surface area contributed by atoms with E-state index in [2.05, 4.69) is 15.6 Å². The Labute approximate surface area is 118 Å². The summed E-state index contributed by atoms with van der Waals surface area (Å²) in [5.74, 6) is -0.379. The Kier molecular flexibility index (Phi) is 2.80. The summed E-state index contributed by atoms with van der Waals surface area (Å²) < 4.78 is 0. The standard InChI is InChI=1S/C13H9ClN4O2/c14-10-3-6(15)5-16-11(10)17-7-1-2-8-9(4-7)13(20)18-12(8)19/h1-5H,15H2,(H,16,17)(H,18,19,20). The molecular weight excluding hydrogens is 280 g/mol. The first kappa shape index (κ1) is 12.4. The maximum atomic E-state index is 11.6. The fourth-order valence-electron chi connectivity index (χ4n) is 1.93. The molecule has 0 spiro atoms. The molecule has 0 fully saturated rings. The maximum Gasteiger partial charge on any atom is 0.259 e. The van der Waals surface area contributed by atoms with Crippen molar-refractivity contribution < 1.29 is 9.59 Å². The topological polar surface area (TPSA) is 97.1 Å². The second-order valence-corrected chi connectivity index (χ2v) is 4.67. The second-order valence-electron chi connectivity index (χ2n) is 4.27. The number of rotatable bonds is 2. The van der Waals surface area contributed by atoms with Crippen molar-refractivity contribution in [3.63, 3.8) is 0 Å². The van der Waals surface area contributed by atoms with E-state index in [0.29, 0.717) is 33.3 Å². The molecule has 6 nitrogen and oxygen atoms in total. The van der Waals surface area contributed by atoms with Gasteiger partial charge in [0.2, 0.25) is 0 Å². The van der Waals surface area contributed by atoms with Gasteiger partial charge in [-0.15, -0.1) is 0 Å². The Morgan fingerprint density at radius 1 is 1.15 bits per heavy atom. The lowest BCUT2D eigenvalue weighted by Crippen LogP contribution is -2.19. The first-order valence-electron chi connectivity index (χ1n) is 5.72. The number of nitrogen functional groups attached to an aromatic ring is 1. The third-order valence-corrected chi connectivity index (χ3v) is 3.15. The van der Waals surface area contributed by atoms with Crippen molar-refractivity contribution in [2.24, 2.45) is 0 Å². The minimum absolute atomic E-state index is 0.326. The number of anilines is 3. The minimum Gasteiger partial charge on any atom is -0.397 e. The first-order valence-corrected chi connectivity index (χ1v) is 6.10. The molecule has 1 aliphatic rings. The lowest BCUT2D eigenvalue weighted by Gasteiger charge is -2.08. The van der Waals surface area contributed by atoms with Gasteiger partial charge in [-0.1, -0.05) is 11.6 Å². The third-order valence-electron chi connectivity index (χ3n) is 2.86. The molecule has 2 aromatic rings. The van der Waals surface area contributed by atoms with Gasteiger partial charge in [0.15, 0.2) is 0 Å². The Bertz CT molecular complexity index is 745. The van der Waals surface area contributed by atoms with Crippen LogP contribution in [0.3, 0.4) is 0 Å². The lowest BCUT2D eigenvalue weighted by atomic mass is 10.1. The molecule has 1 aromatic carbocycles. The summed E-state index contributed by atoms with van der Waals surface area (Å²) in [6, 6.07) is 6.39. The average molecular weight is 289 g/mol. The van der Waals surface area contributed by atoms with Crippen molar-refractivity contribution >= 4 is 40.6 Å². The molecule has 0 bridgehead atoms. The highest BCUT2D eigenvalue weighted by molar-refractivity contribution is 6.33. The van der Waals surface area contributed by atoms with Crippen molar-refractivity contribution in [2.45, 2.75) is 0 Å². The van der Waals surface area contributed by atoms with E-state index in [9.17, 15) is 9.59 Å². The summed E-state index contributed by atoms with van der Waals surface area (Å²) in [4.78, 5) is 27.1. The monoisotopic (exact) mass is 288 g/mol. The van der Waals surface area contributed by atoms with Crippen LogP contribution in [0.25, 0.3) is 0 Å². The molecule has 1 aromatic heterocycles. The number of pyridine rings is 1. The number of carbonyl (C=O) groups is 2. The van der Waals surface area contributed by atoms with Gasteiger partial charge in [-0.05, 0) is 24.3 Å². The summed E-state index contributed by atoms with van der Waals surface area (Å²) in [5.41, 5.74) is 7.31. The van der Waals surface area contributed by atoms with Crippen LogP contribution in [0.1, 0.15) is 20.7 Å². The lowest BCUT2D eigenvalue weighted by molar-refractivity contribution is 0.0879. The Morgan fingerprint density at radius 3 is 2.65 bits per heavy atom. The normalized spacial score (nSPS) is 13.1. The largest absolute Gasteiger partial charge is 0.397 e. The number of benzene rings is 1. The number of carbonyl (C=O) groups excluding carboxylic acids is 2. The quantitative estimate of drug-likeness (QED) is 0.734. The van der Waals surface area contributed by atoms with Crippen LogP contribution in [0.15, 0.2) is 30.5 Å². The summed E-state index contributed by atoms with van der Waals surface area (Å²) in [7, 11) is 0. The predicted octanol–water partition coefficient (Wildman–Crippen LogP) is 1.94. The molecule has 100 valence electrons. The Balaban J connectivity index is 1.95. The van der Waals surface area contributed by atoms with Gasteiger partial charge in [-0.25, -0.2) is 4.98 Å². The van der Waals surface area contributed by atoms with Gasteiger partial charge in [-0.2, -0.15) is 0 Å².